The predicted molar refractivity (Wildman–Crippen MR) is 80.0 cm³/mol. The molecule has 3 aromatic rings. The van der Waals surface area contributed by atoms with E-state index in [1.807, 2.05) is 24.3 Å². The van der Waals surface area contributed by atoms with Crippen LogP contribution in [0.1, 0.15) is 10.4 Å². The molecule has 0 aliphatic carbocycles. The third kappa shape index (κ3) is 2.53. The van der Waals surface area contributed by atoms with Crippen LogP contribution in [0.3, 0.4) is 0 Å². The number of carbonyl (C=O) groups excluding carboxylic acids is 1. The Hall–Kier alpha value is -2.95. The molecule has 0 saturated carbocycles. The summed E-state index contributed by atoms with van der Waals surface area (Å²) in [4.78, 5) is 20.0. The SMILES string of the molecule is COc1cnc2ccc(Nc3c[c]ccc3)c(C=O)c2n1. The zero-order valence-electron chi connectivity index (χ0n) is 11.3. The molecule has 1 heterocycles. The molecule has 1 radical (unpaired) electrons. The van der Waals surface area contributed by atoms with Crippen molar-refractivity contribution >= 4 is 28.7 Å². The van der Waals surface area contributed by atoms with Crippen LogP contribution in [0, 0.1) is 6.07 Å². The number of anilines is 2. The third-order valence-corrected chi connectivity index (χ3v) is 3.04. The number of nitrogens with zero attached hydrogens (tertiary/aromatic N) is 2. The van der Waals surface area contributed by atoms with Gasteiger partial charge in [-0.3, -0.25) is 4.79 Å². The standard InChI is InChI=1S/C16H12N3O2/c1-21-15-9-17-14-8-7-13(12(10-20)16(14)19-15)18-11-5-3-2-4-6-11/h2-3,5-10,18H,1H3. The molecule has 0 saturated heterocycles. The lowest BCUT2D eigenvalue weighted by Gasteiger charge is -2.10. The van der Waals surface area contributed by atoms with Crippen LogP contribution in [0.2, 0.25) is 0 Å². The lowest BCUT2D eigenvalue weighted by atomic mass is 10.1. The fourth-order valence-corrected chi connectivity index (χ4v) is 2.04. The first kappa shape index (κ1) is 13.1. The maximum absolute atomic E-state index is 11.5. The largest absolute Gasteiger partial charge is 0.480 e. The van der Waals surface area contributed by atoms with E-state index in [0.29, 0.717) is 28.2 Å². The molecule has 1 N–H and O–H groups in total. The van der Waals surface area contributed by atoms with Gasteiger partial charge < -0.3 is 10.1 Å². The molecule has 0 fully saturated rings. The Bertz CT molecular complexity index is 788. The summed E-state index contributed by atoms with van der Waals surface area (Å²) in [7, 11) is 1.51. The van der Waals surface area contributed by atoms with Crippen molar-refractivity contribution in [1.29, 1.82) is 0 Å². The molecule has 2 aromatic carbocycles. The molecule has 0 aliphatic rings. The van der Waals surface area contributed by atoms with Gasteiger partial charge >= 0.3 is 0 Å². The molecule has 5 heteroatoms. The average molecular weight is 278 g/mol. The van der Waals surface area contributed by atoms with E-state index in [0.717, 1.165) is 12.0 Å². The zero-order chi connectivity index (χ0) is 14.7. The number of nitrogens with one attached hydrogen (secondary N) is 1. The number of hydrogen-bond acceptors (Lipinski definition) is 5. The monoisotopic (exact) mass is 278 g/mol. The Morgan fingerprint density at radius 3 is 2.95 bits per heavy atom. The summed E-state index contributed by atoms with van der Waals surface area (Å²) in [6, 6.07) is 14.0. The predicted octanol–water partition coefficient (Wildman–Crippen LogP) is 2.99. The van der Waals surface area contributed by atoms with Gasteiger partial charge in [0.05, 0.1) is 30.1 Å². The summed E-state index contributed by atoms with van der Waals surface area (Å²) in [5, 5.41) is 3.18. The fourth-order valence-electron chi connectivity index (χ4n) is 2.04. The maximum atomic E-state index is 11.5. The Kier molecular flexibility index (Phi) is 3.47. The van der Waals surface area contributed by atoms with Gasteiger partial charge in [-0.25, -0.2) is 9.97 Å². The molecule has 0 spiro atoms. The molecule has 0 atom stereocenters. The van der Waals surface area contributed by atoms with Crippen molar-refractivity contribution in [2.45, 2.75) is 0 Å². The average Bonchev–Trinajstić information content (AvgIpc) is 2.55. The minimum absolute atomic E-state index is 0.371. The van der Waals surface area contributed by atoms with Crippen molar-refractivity contribution in [3.8, 4) is 5.88 Å². The van der Waals surface area contributed by atoms with Crippen molar-refractivity contribution in [2.24, 2.45) is 0 Å². The molecule has 0 bridgehead atoms. The first-order valence-electron chi connectivity index (χ1n) is 6.34. The van der Waals surface area contributed by atoms with Crippen LogP contribution in [0.15, 0.2) is 42.6 Å². The minimum Gasteiger partial charge on any atom is -0.480 e. The first-order valence-corrected chi connectivity index (χ1v) is 6.34. The number of ether oxygens (including phenoxy) is 1. The Labute approximate surface area is 121 Å². The van der Waals surface area contributed by atoms with Crippen LogP contribution >= 0.6 is 0 Å². The van der Waals surface area contributed by atoms with Gasteiger partial charge in [0.25, 0.3) is 0 Å². The lowest BCUT2D eigenvalue weighted by molar-refractivity contribution is 0.112. The molecule has 0 unspecified atom stereocenters. The number of aldehydes is 1. The molecular weight excluding hydrogens is 266 g/mol. The van der Waals surface area contributed by atoms with Crippen LogP contribution in [0.25, 0.3) is 11.0 Å². The van der Waals surface area contributed by atoms with E-state index >= 15 is 0 Å². The van der Waals surface area contributed by atoms with Gasteiger partial charge in [0.2, 0.25) is 5.88 Å². The normalized spacial score (nSPS) is 10.3. The van der Waals surface area contributed by atoms with E-state index in [1.54, 1.807) is 12.1 Å². The first-order chi connectivity index (χ1) is 10.3. The topological polar surface area (TPSA) is 64.1 Å². The molecule has 0 aliphatic heterocycles. The summed E-state index contributed by atoms with van der Waals surface area (Å²) < 4.78 is 5.06. The summed E-state index contributed by atoms with van der Waals surface area (Å²) in [5.74, 6) is 0.371. The van der Waals surface area contributed by atoms with Gasteiger partial charge in [-0.1, -0.05) is 12.1 Å². The number of aromatic nitrogens is 2. The highest BCUT2D eigenvalue weighted by Crippen LogP contribution is 2.26. The smallest absolute Gasteiger partial charge is 0.232 e. The molecule has 103 valence electrons. The van der Waals surface area contributed by atoms with E-state index < -0.39 is 0 Å². The Morgan fingerprint density at radius 1 is 1.33 bits per heavy atom. The molecule has 5 nitrogen and oxygen atoms in total. The highest BCUT2D eigenvalue weighted by atomic mass is 16.5. The van der Waals surface area contributed by atoms with Crippen molar-refractivity contribution in [2.75, 3.05) is 12.4 Å². The lowest BCUT2D eigenvalue weighted by Crippen LogP contribution is -1.99. The van der Waals surface area contributed by atoms with Crippen LogP contribution in [-0.2, 0) is 0 Å². The third-order valence-electron chi connectivity index (χ3n) is 3.04. The van der Waals surface area contributed by atoms with Gasteiger partial charge in [-0.05, 0) is 30.3 Å². The van der Waals surface area contributed by atoms with Gasteiger partial charge in [-0.2, -0.15) is 0 Å². The van der Waals surface area contributed by atoms with Gasteiger partial charge in [0.15, 0.2) is 6.29 Å². The molecule has 0 amide bonds. The second kappa shape index (κ2) is 5.58. The van der Waals surface area contributed by atoms with Crippen LogP contribution in [0.5, 0.6) is 5.88 Å². The van der Waals surface area contributed by atoms with E-state index in [9.17, 15) is 4.79 Å². The van der Waals surface area contributed by atoms with Crippen LogP contribution < -0.4 is 10.1 Å². The summed E-state index contributed by atoms with van der Waals surface area (Å²) in [5.41, 5.74) is 3.11. The molecule has 1 aromatic heterocycles. The zero-order valence-corrected chi connectivity index (χ0v) is 11.3. The Balaban J connectivity index is 2.12. The van der Waals surface area contributed by atoms with Crippen molar-refractivity contribution < 1.29 is 9.53 Å². The quantitative estimate of drug-likeness (QED) is 0.743. The summed E-state index contributed by atoms with van der Waals surface area (Å²) in [6.07, 6.45) is 2.29. The number of benzene rings is 2. The van der Waals surface area contributed by atoms with Crippen LogP contribution in [-0.4, -0.2) is 23.4 Å². The number of fused-ring (bicyclic) bond motifs is 1. The van der Waals surface area contributed by atoms with Crippen LogP contribution in [0.4, 0.5) is 11.4 Å². The van der Waals surface area contributed by atoms with Gasteiger partial charge in [0, 0.05) is 5.69 Å². The molecule has 21 heavy (non-hydrogen) atoms. The van der Waals surface area contributed by atoms with Gasteiger partial charge in [0.1, 0.15) is 5.52 Å². The molecule has 3 rings (SSSR count). The van der Waals surface area contributed by atoms with Crippen molar-refractivity contribution in [1.82, 2.24) is 9.97 Å². The van der Waals surface area contributed by atoms with E-state index in [4.69, 9.17) is 4.74 Å². The van der Waals surface area contributed by atoms with E-state index in [-0.39, 0.29) is 0 Å². The fraction of sp³-hybridized carbons (Fsp3) is 0.0625. The van der Waals surface area contributed by atoms with E-state index in [2.05, 4.69) is 21.4 Å². The van der Waals surface area contributed by atoms with Gasteiger partial charge in [-0.15, -0.1) is 0 Å². The number of rotatable bonds is 4. The second-order valence-corrected chi connectivity index (χ2v) is 4.34. The summed E-state index contributed by atoms with van der Waals surface area (Å²) >= 11 is 0. The number of hydrogen-bond donors (Lipinski definition) is 1. The number of carbonyl (C=O) groups is 1. The minimum atomic E-state index is 0.371. The Morgan fingerprint density at radius 2 is 2.24 bits per heavy atom. The second-order valence-electron chi connectivity index (χ2n) is 4.34. The van der Waals surface area contributed by atoms with Crippen molar-refractivity contribution in [3.63, 3.8) is 0 Å². The van der Waals surface area contributed by atoms with Crippen molar-refractivity contribution in [3.05, 3.63) is 54.2 Å². The number of methoxy groups -OCH3 is 1. The molecular formula is C16H12N3O2. The highest BCUT2D eigenvalue weighted by molar-refractivity contribution is 6.01. The summed E-state index contributed by atoms with van der Waals surface area (Å²) in [6.45, 7) is 0. The highest BCUT2D eigenvalue weighted by Gasteiger charge is 2.10. The van der Waals surface area contributed by atoms with E-state index in [1.165, 1.54) is 13.3 Å². The maximum Gasteiger partial charge on any atom is 0.232 e.